The van der Waals surface area contributed by atoms with Crippen LogP contribution in [0.4, 0.5) is 5.69 Å². The fraction of sp³-hybridized carbons (Fsp3) is 0.133. The number of benzene rings is 1. The molecule has 9 heteroatoms. The lowest BCUT2D eigenvalue weighted by Gasteiger charge is -2.06. The highest BCUT2D eigenvalue weighted by atomic mass is 79.9. The Morgan fingerprint density at radius 1 is 1.29 bits per heavy atom. The largest absolute Gasteiger partial charge is 0.479 e. The number of hydrogen-bond acceptors (Lipinski definition) is 5. The summed E-state index contributed by atoms with van der Waals surface area (Å²) in [5, 5.41) is 20.7. The number of aromatic carboxylic acids is 1. The van der Waals surface area contributed by atoms with Crippen LogP contribution in [0.5, 0.6) is 5.75 Å². The molecule has 0 spiro atoms. The first-order valence-corrected chi connectivity index (χ1v) is 8.18. The van der Waals surface area contributed by atoms with Crippen molar-refractivity contribution in [3.63, 3.8) is 0 Å². The van der Waals surface area contributed by atoms with Gasteiger partial charge in [0, 0.05) is 12.6 Å². The predicted molar refractivity (Wildman–Crippen MR) is 91.8 cm³/mol. The van der Waals surface area contributed by atoms with Crippen molar-refractivity contribution in [1.29, 1.82) is 0 Å². The first kappa shape index (κ1) is 18.0. The number of nitrogens with one attached hydrogen (secondary N) is 1. The van der Waals surface area contributed by atoms with Crippen molar-refractivity contribution >= 4 is 50.8 Å². The zero-order valence-electron chi connectivity index (χ0n) is 12.3. The molecule has 0 fully saturated rings. The Morgan fingerprint density at radius 2 is 2.00 bits per heavy atom. The lowest BCUT2D eigenvalue weighted by Crippen LogP contribution is -2.11. The zero-order chi connectivity index (χ0) is 17.9. The lowest BCUT2D eigenvalue weighted by molar-refractivity contribution is -0.139. The van der Waals surface area contributed by atoms with Crippen LogP contribution in [-0.4, -0.2) is 34.7 Å². The maximum absolute atomic E-state index is 11.4. The summed E-state index contributed by atoms with van der Waals surface area (Å²) < 4.78 is 5.45. The number of ether oxygens (including phenoxy) is 1. The standard InChI is InChI=1S/C15H12BrNO6S/c1-7(18)17-9-4-2-3-8(5-9)13-11(16)12(23-6-10(19)20)14(24-13)15(21)22/h2-5H,6H2,1H3,(H,17,18)(H,19,20)(H,21,22). The van der Waals surface area contributed by atoms with Gasteiger partial charge in [-0.15, -0.1) is 11.3 Å². The molecule has 0 bridgehead atoms. The van der Waals surface area contributed by atoms with Gasteiger partial charge in [-0.2, -0.15) is 0 Å². The van der Waals surface area contributed by atoms with Crippen LogP contribution in [-0.2, 0) is 9.59 Å². The fourth-order valence-electron chi connectivity index (χ4n) is 1.93. The van der Waals surface area contributed by atoms with Crippen LogP contribution in [0.2, 0.25) is 0 Å². The van der Waals surface area contributed by atoms with E-state index in [9.17, 15) is 19.5 Å². The van der Waals surface area contributed by atoms with Gasteiger partial charge in [0.15, 0.2) is 17.2 Å². The molecule has 1 heterocycles. The third-order valence-electron chi connectivity index (χ3n) is 2.79. The molecule has 24 heavy (non-hydrogen) atoms. The quantitative estimate of drug-likeness (QED) is 0.669. The minimum Gasteiger partial charge on any atom is -0.479 e. The van der Waals surface area contributed by atoms with Crippen molar-refractivity contribution in [3.8, 4) is 16.2 Å². The molecule has 1 aromatic heterocycles. The van der Waals surface area contributed by atoms with Crippen LogP contribution in [0.3, 0.4) is 0 Å². The minimum atomic E-state index is -1.22. The van der Waals surface area contributed by atoms with Crippen molar-refractivity contribution < 1.29 is 29.3 Å². The Bertz CT molecular complexity index is 816. The lowest BCUT2D eigenvalue weighted by atomic mass is 10.1. The van der Waals surface area contributed by atoms with Gasteiger partial charge < -0.3 is 20.3 Å². The number of anilines is 1. The van der Waals surface area contributed by atoms with Crippen LogP contribution in [0.1, 0.15) is 16.6 Å². The van der Waals surface area contributed by atoms with Gasteiger partial charge in [0.2, 0.25) is 5.91 Å². The Hall–Kier alpha value is -2.39. The number of carboxylic acid groups (broad SMARTS) is 2. The highest BCUT2D eigenvalue weighted by Crippen LogP contribution is 2.46. The second-order valence-corrected chi connectivity index (χ2v) is 6.47. The molecule has 0 aliphatic heterocycles. The number of rotatable bonds is 6. The second kappa shape index (κ2) is 7.45. The summed E-state index contributed by atoms with van der Waals surface area (Å²) in [6.07, 6.45) is 0. The minimum absolute atomic E-state index is 0.0326. The highest BCUT2D eigenvalue weighted by molar-refractivity contribution is 9.10. The zero-order valence-corrected chi connectivity index (χ0v) is 14.7. The van der Waals surface area contributed by atoms with Gasteiger partial charge in [0.1, 0.15) is 0 Å². The van der Waals surface area contributed by atoms with Gasteiger partial charge in [-0.1, -0.05) is 12.1 Å². The van der Waals surface area contributed by atoms with E-state index in [1.807, 2.05) is 0 Å². The van der Waals surface area contributed by atoms with Gasteiger partial charge in [-0.25, -0.2) is 9.59 Å². The topological polar surface area (TPSA) is 113 Å². The third-order valence-corrected chi connectivity index (χ3v) is 5.02. The smallest absolute Gasteiger partial charge is 0.349 e. The summed E-state index contributed by atoms with van der Waals surface area (Å²) in [4.78, 5) is 33.6. The van der Waals surface area contributed by atoms with Gasteiger partial charge in [-0.3, -0.25) is 4.79 Å². The van der Waals surface area contributed by atoms with E-state index in [2.05, 4.69) is 21.2 Å². The van der Waals surface area contributed by atoms with Crippen molar-refractivity contribution in [3.05, 3.63) is 33.6 Å². The first-order valence-electron chi connectivity index (χ1n) is 6.57. The number of thiophene rings is 1. The van der Waals surface area contributed by atoms with E-state index in [1.165, 1.54) is 6.92 Å². The Morgan fingerprint density at radius 3 is 2.58 bits per heavy atom. The maximum Gasteiger partial charge on any atom is 0.349 e. The Kier molecular flexibility index (Phi) is 5.58. The number of hydrogen-bond donors (Lipinski definition) is 3. The predicted octanol–water partition coefficient (Wildman–Crippen LogP) is 3.30. The average Bonchev–Trinajstić information content (AvgIpc) is 2.82. The number of carbonyl (C=O) groups excluding carboxylic acids is 1. The summed E-state index contributed by atoms with van der Waals surface area (Å²) >= 11 is 4.22. The van der Waals surface area contributed by atoms with Crippen LogP contribution in [0, 0.1) is 0 Å². The molecule has 1 aromatic carbocycles. The SMILES string of the molecule is CC(=O)Nc1cccc(-c2sc(C(=O)O)c(OCC(=O)O)c2Br)c1. The van der Waals surface area contributed by atoms with E-state index in [1.54, 1.807) is 24.3 Å². The summed E-state index contributed by atoms with van der Waals surface area (Å²) in [7, 11) is 0. The normalized spacial score (nSPS) is 10.2. The molecule has 0 aliphatic carbocycles. The van der Waals surface area contributed by atoms with Gasteiger partial charge in [-0.05, 0) is 33.6 Å². The van der Waals surface area contributed by atoms with Crippen LogP contribution < -0.4 is 10.1 Å². The van der Waals surface area contributed by atoms with Crippen LogP contribution in [0.25, 0.3) is 10.4 Å². The molecule has 126 valence electrons. The Balaban J connectivity index is 2.47. The first-order chi connectivity index (χ1) is 11.3. The highest BCUT2D eigenvalue weighted by Gasteiger charge is 2.24. The van der Waals surface area contributed by atoms with Crippen LogP contribution in [0.15, 0.2) is 28.7 Å². The van der Waals surface area contributed by atoms with E-state index in [-0.39, 0.29) is 16.5 Å². The average molecular weight is 414 g/mol. The molecule has 0 atom stereocenters. The van der Waals surface area contributed by atoms with Crippen molar-refractivity contribution in [2.24, 2.45) is 0 Å². The molecular formula is C15H12BrNO6S. The number of amides is 1. The van der Waals surface area contributed by atoms with E-state index >= 15 is 0 Å². The molecule has 0 saturated carbocycles. The molecule has 0 aliphatic rings. The fourth-order valence-corrected chi connectivity index (χ4v) is 3.81. The second-order valence-electron chi connectivity index (χ2n) is 4.65. The number of halogens is 1. The van der Waals surface area contributed by atoms with Gasteiger partial charge >= 0.3 is 11.9 Å². The van der Waals surface area contributed by atoms with E-state index < -0.39 is 18.5 Å². The molecule has 7 nitrogen and oxygen atoms in total. The molecule has 1 amide bonds. The number of aliphatic carboxylic acids is 1. The summed E-state index contributed by atoms with van der Waals surface area (Å²) in [6, 6.07) is 6.84. The molecule has 2 rings (SSSR count). The molecule has 2 aromatic rings. The van der Waals surface area contributed by atoms with Crippen molar-refractivity contribution in [2.45, 2.75) is 6.92 Å². The summed E-state index contributed by atoms with van der Waals surface area (Å²) in [5.41, 5.74) is 1.22. The summed E-state index contributed by atoms with van der Waals surface area (Å²) in [5.74, 6) is -2.69. The van der Waals surface area contributed by atoms with Gasteiger partial charge in [0.05, 0.1) is 9.35 Å². The number of carboxylic acids is 2. The third kappa shape index (κ3) is 4.12. The van der Waals surface area contributed by atoms with E-state index in [0.29, 0.717) is 20.6 Å². The molecule has 3 N–H and O–H groups in total. The van der Waals surface area contributed by atoms with Crippen molar-refractivity contribution in [1.82, 2.24) is 0 Å². The molecule has 0 unspecified atom stereocenters. The van der Waals surface area contributed by atoms with Crippen molar-refractivity contribution in [2.75, 3.05) is 11.9 Å². The van der Waals surface area contributed by atoms with Crippen LogP contribution >= 0.6 is 27.3 Å². The molecule has 0 radical (unpaired) electrons. The maximum atomic E-state index is 11.4. The molecule has 0 saturated heterocycles. The number of carbonyl (C=O) groups is 3. The molecular weight excluding hydrogens is 402 g/mol. The van der Waals surface area contributed by atoms with E-state index in [4.69, 9.17) is 9.84 Å². The summed E-state index contributed by atoms with van der Waals surface area (Å²) in [6.45, 7) is 0.731. The van der Waals surface area contributed by atoms with Gasteiger partial charge in [0.25, 0.3) is 0 Å². The van der Waals surface area contributed by atoms with E-state index in [0.717, 1.165) is 11.3 Å². The Labute approximate surface area is 149 Å². The monoisotopic (exact) mass is 413 g/mol.